The molecule has 7 rings (SSSR count). The fourth-order valence-corrected chi connectivity index (χ4v) is 6.27. The largest absolute Gasteiger partial charge is 0.336 e. The Morgan fingerprint density at radius 3 is 2.62 bits per heavy atom. The van der Waals surface area contributed by atoms with Crippen molar-refractivity contribution in [1.29, 1.82) is 0 Å². The number of halogens is 3. The number of nitrogens with zero attached hydrogens (tertiary/aromatic N) is 6. The van der Waals surface area contributed by atoms with Crippen molar-refractivity contribution in [3.63, 3.8) is 0 Å². The second-order valence-electron chi connectivity index (χ2n) is 11.5. The van der Waals surface area contributed by atoms with Crippen LogP contribution in [0.2, 0.25) is 0 Å². The molecule has 1 fully saturated rings. The van der Waals surface area contributed by atoms with Gasteiger partial charge in [-0.15, -0.1) is 0 Å². The number of likely N-dealkylation sites (tertiary alicyclic amines) is 1. The van der Waals surface area contributed by atoms with Crippen molar-refractivity contribution in [2.45, 2.75) is 25.3 Å². The van der Waals surface area contributed by atoms with E-state index in [1.807, 2.05) is 12.1 Å². The summed E-state index contributed by atoms with van der Waals surface area (Å²) in [5, 5.41) is 8.21. The number of alkyl halides is 2. The highest BCUT2D eigenvalue weighted by Gasteiger charge is 2.38. The minimum absolute atomic E-state index is 0.0964. The SMILES string of the molecule is CS(=O)(=O)CCc1cc(F)cc(-c2nccc3[nH]c(-c4n[nH]c5cnc(-c6cncc(CN7CCC(F)(F)C7)c6)cc45)nc23)c1. The van der Waals surface area contributed by atoms with Gasteiger partial charge in [0.25, 0.3) is 5.92 Å². The van der Waals surface area contributed by atoms with Crippen molar-refractivity contribution in [3.05, 3.63) is 78.1 Å². The number of H-pyrrole nitrogens is 2. The number of pyridine rings is 3. The zero-order valence-corrected chi connectivity index (χ0v) is 24.9. The van der Waals surface area contributed by atoms with E-state index in [-0.39, 0.29) is 25.1 Å². The maximum absolute atomic E-state index is 14.6. The summed E-state index contributed by atoms with van der Waals surface area (Å²) in [5.41, 5.74) is 6.01. The normalized spacial score (nSPS) is 15.4. The van der Waals surface area contributed by atoms with Gasteiger partial charge >= 0.3 is 0 Å². The van der Waals surface area contributed by atoms with E-state index in [0.29, 0.717) is 63.7 Å². The topological polar surface area (TPSA) is 133 Å². The first-order valence-corrected chi connectivity index (χ1v) is 16.3. The molecule has 14 heteroatoms. The van der Waals surface area contributed by atoms with Crippen molar-refractivity contribution in [1.82, 2.24) is 40.0 Å². The van der Waals surface area contributed by atoms with Crippen molar-refractivity contribution >= 4 is 31.8 Å². The van der Waals surface area contributed by atoms with Crippen molar-refractivity contribution in [2.75, 3.05) is 25.1 Å². The number of aromatic amines is 2. The Morgan fingerprint density at radius 1 is 0.978 bits per heavy atom. The fraction of sp³-hybridized carbons (Fsp3) is 0.258. The summed E-state index contributed by atoms with van der Waals surface area (Å²) in [6.45, 7) is 0.436. The standard InChI is InChI=1S/C31H27F3N8O2S/c1-45(43,44)7-3-18-8-20(11-22(32)10-18)27-29-24(2-5-36-27)38-30(39-29)28-23-12-25(37-15-26(23)40-41-28)21-9-19(13-35-14-21)16-42-6-4-31(33,34)17-42/h2,5,8-15H,3-4,6-7,16-17H2,1H3,(H,38,39)(H,40,41). The maximum atomic E-state index is 14.6. The molecule has 0 saturated carbocycles. The quantitative estimate of drug-likeness (QED) is 0.234. The van der Waals surface area contributed by atoms with E-state index < -0.39 is 21.6 Å². The van der Waals surface area contributed by atoms with Crippen LogP contribution in [0, 0.1) is 5.82 Å². The highest BCUT2D eigenvalue weighted by atomic mass is 32.2. The van der Waals surface area contributed by atoms with Crippen LogP contribution in [0.4, 0.5) is 13.2 Å². The van der Waals surface area contributed by atoms with Gasteiger partial charge in [0.15, 0.2) is 5.82 Å². The number of nitrogens with one attached hydrogen (secondary N) is 2. The molecule has 0 amide bonds. The van der Waals surface area contributed by atoms with E-state index >= 15 is 0 Å². The second kappa shape index (κ2) is 11.0. The maximum Gasteiger partial charge on any atom is 0.261 e. The number of fused-ring (bicyclic) bond motifs is 2. The van der Waals surface area contributed by atoms with Gasteiger partial charge in [0.05, 0.1) is 40.9 Å². The van der Waals surface area contributed by atoms with Crippen LogP contribution in [0.1, 0.15) is 17.5 Å². The molecule has 0 radical (unpaired) electrons. The van der Waals surface area contributed by atoms with Gasteiger partial charge in [0, 0.05) is 60.9 Å². The lowest BCUT2D eigenvalue weighted by molar-refractivity contribution is 0.0115. The first-order valence-electron chi connectivity index (χ1n) is 14.2. The summed E-state index contributed by atoms with van der Waals surface area (Å²) in [4.78, 5) is 23.2. The zero-order valence-electron chi connectivity index (χ0n) is 24.1. The number of sulfone groups is 1. The van der Waals surface area contributed by atoms with Gasteiger partial charge in [0.2, 0.25) is 0 Å². The van der Waals surface area contributed by atoms with Crippen molar-refractivity contribution < 1.29 is 21.6 Å². The lowest BCUT2D eigenvalue weighted by Crippen LogP contribution is -2.24. The molecule has 1 saturated heterocycles. The highest BCUT2D eigenvalue weighted by molar-refractivity contribution is 7.90. The minimum atomic E-state index is -3.22. The molecule has 10 nitrogen and oxygen atoms in total. The highest BCUT2D eigenvalue weighted by Crippen LogP contribution is 2.33. The number of hydrogen-bond donors (Lipinski definition) is 2. The Hall–Kier alpha value is -4.69. The number of benzene rings is 1. The van der Waals surface area contributed by atoms with Crippen LogP contribution in [-0.2, 0) is 22.8 Å². The molecule has 0 unspecified atom stereocenters. The van der Waals surface area contributed by atoms with Crippen LogP contribution in [0.3, 0.4) is 0 Å². The summed E-state index contributed by atoms with van der Waals surface area (Å²) < 4.78 is 65.3. The lowest BCUT2D eigenvalue weighted by atomic mass is 10.0. The molecule has 2 N–H and O–H groups in total. The van der Waals surface area contributed by atoms with E-state index in [1.54, 1.807) is 41.8 Å². The van der Waals surface area contributed by atoms with Crippen molar-refractivity contribution in [2.24, 2.45) is 0 Å². The predicted molar refractivity (Wildman–Crippen MR) is 164 cm³/mol. The van der Waals surface area contributed by atoms with Crippen LogP contribution >= 0.6 is 0 Å². The third-order valence-corrected chi connectivity index (χ3v) is 8.76. The fourth-order valence-electron chi connectivity index (χ4n) is 5.66. The van der Waals surface area contributed by atoms with Crippen LogP contribution in [0.15, 0.2) is 61.2 Å². The Bertz CT molecular complexity index is 2180. The minimum Gasteiger partial charge on any atom is -0.336 e. The summed E-state index contributed by atoms with van der Waals surface area (Å²) in [7, 11) is -3.22. The van der Waals surface area contributed by atoms with Crippen LogP contribution in [0.25, 0.3) is 56.0 Å². The Morgan fingerprint density at radius 2 is 1.82 bits per heavy atom. The molecule has 5 aromatic heterocycles. The van der Waals surface area contributed by atoms with Crippen molar-refractivity contribution in [3.8, 4) is 34.0 Å². The number of aromatic nitrogens is 7. The van der Waals surface area contributed by atoms with Gasteiger partial charge < -0.3 is 4.98 Å². The number of aryl methyl sites for hydroxylation is 1. The molecule has 0 bridgehead atoms. The molecule has 0 spiro atoms. The Labute approximate surface area is 255 Å². The lowest BCUT2D eigenvalue weighted by Gasteiger charge is -2.15. The molecule has 0 aliphatic carbocycles. The summed E-state index contributed by atoms with van der Waals surface area (Å²) in [5.74, 6) is -2.80. The molecular weight excluding hydrogens is 605 g/mol. The number of rotatable bonds is 8. The molecule has 1 aliphatic heterocycles. The van der Waals surface area contributed by atoms with Gasteiger partial charge in [-0.25, -0.2) is 26.6 Å². The van der Waals surface area contributed by atoms with Crippen LogP contribution in [0.5, 0.6) is 0 Å². The smallest absolute Gasteiger partial charge is 0.261 e. The van der Waals surface area contributed by atoms with Crippen LogP contribution in [-0.4, -0.2) is 79.5 Å². The third kappa shape index (κ3) is 6.15. The van der Waals surface area contributed by atoms with E-state index in [9.17, 15) is 21.6 Å². The first kappa shape index (κ1) is 29.0. The average molecular weight is 633 g/mol. The molecule has 0 atom stereocenters. The van der Waals surface area contributed by atoms with Gasteiger partial charge in [-0.1, -0.05) is 0 Å². The molecule has 6 heterocycles. The van der Waals surface area contributed by atoms with Gasteiger partial charge in [-0.05, 0) is 53.9 Å². The Kier molecular flexibility index (Phi) is 7.12. The average Bonchev–Trinajstić information content (AvgIpc) is 3.71. The number of hydrogen-bond acceptors (Lipinski definition) is 8. The molecule has 6 aromatic rings. The van der Waals surface area contributed by atoms with E-state index in [0.717, 1.165) is 22.8 Å². The predicted octanol–water partition coefficient (Wildman–Crippen LogP) is 5.19. The third-order valence-electron chi connectivity index (χ3n) is 7.81. The first-order chi connectivity index (χ1) is 21.5. The zero-order chi connectivity index (χ0) is 31.3. The molecule has 1 aromatic carbocycles. The van der Waals surface area contributed by atoms with Gasteiger partial charge in [0.1, 0.15) is 26.9 Å². The van der Waals surface area contributed by atoms with Crippen LogP contribution < -0.4 is 0 Å². The second-order valence-corrected chi connectivity index (χ2v) is 13.7. The molecule has 230 valence electrons. The molecular formula is C31H27F3N8O2S. The van der Waals surface area contributed by atoms with E-state index in [4.69, 9.17) is 4.98 Å². The van der Waals surface area contributed by atoms with Gasteiger partial charge in [-0.2, -0.15) is 5.10 Å². The monoisotopic (exact) mass is 632 g/mol. The number of imidazole rings is 1. The molecule has 45 heavy (non-hydrogen) atoms. The van der Waals surface area contributed by atoms with E-state index in [2.05, 4.69) is 30.1 Å². The molecule has 1 aliphatic rings. The summed E-state index contributed by atoms with van der Waals surface area (Å²) >= 11 is 0. The summed E-state index contributed by atoms with van der Waals surface area (Å²) in [6, 6.07) is 9.92. The van der Waals surface area contributed by atoms with E-state index in [1.165, 1.54) is 12.1 Å². The Balaban J connectivity index is 1.22. The van der Waals surface area contributed by atoms with Gasteiger partial charge in [-0.3, -0.25) is 25.0 Å². The summed E-state index contributed by atoms with van der Waals surface area (Å²) in [6.07, 6.45) is 7.79.